The van der Waals surface area contributed by atoms with Gasteiger partial charge in [-0.2, -0.15) is 0 Å². The van der Waals surface area contributed by atoms with E-state index in [2.05, 4.69) is 35.6 Å². The Morgan fingerprint density at radius 2 is 1.79 bits per heavy atom. The maximum Gasteiger partial charge on any atom is 0.0822 e. The summed E-state index contributed by atoms with van der Waals surface area (Å²) >= 11 is 0. The van der Waals surface area contributed by atoms with Crippen molar-refractivity contribution in [1.82, 2.24) is 14.7 Å². The van der Waals surface area contributed by atoms with Gasteiger partial charge in [-0.05, 0) is 38.9 Å². The average molecular weight is 269 g/mol. The molecule has 2 heterocycles. The number of piperazine rings is 1. The Bertz CT molecular complexity index is 264. The number of nitrogens with zero attached hydrogens (tertiary/aromatic N) is 3. The molecule has 0 bridgehead atoms. The van der Waals surface area contributed by atoms with Crippen LogP contribution in [0.4, 0.5) is 0 Å². The summed E-state index contributed by atoms with van der Waals surface area (Å²) in [6, 6.07) is 0.393. The van der Waals surface area contributed by atoms with E-state index in [1.54, 1.807) is 0 Å². The fourth-order valence-corrected chi connectivity index (χ4v) is 3.21. The van der Waals surface area contributed by atoms with E-state index in [1.165, 1.54) is 6.42 Å². The Morgan fingerprint density at radius 3 is 2.37 bits per heavy atom. The van der Waals surface area contributed by atoms with Crippen molar-refractivity contribution < 1.29 is 5.11 Å². The molecule has 0 aromatic rings. The van der Waals surface area contributed by atoms with Gasteiger partial charge in [0.15, 0.2) is 0 Å². The molecule has 0 unspecified atom stereocenters. The Balaban J connectivity index is 1.77. The summed E-state index contributed by atoms with van der Waals surface area (Å²) in [7, 11) is 2.18. The zero-order chi connectivity index (χ0) is 13.8. The maximum atomic E-state index is 10.4. The molecule has 1 N–H and O–H groups in total. The second-order valence-electron chi connectivity index (χ2n) is 6.75. The summed E-state index contributed by atoms with van der Waals surface area (Å²) in [6.45, 7) is 12.2. The lowest BCUT2D eigenvalue weighted by molar-refractivity contribution is -0.0273. The van der Waals surface area contributed by atoms with E-state index in [1.807, 2.05) is 0 Å². The van der Waals surface area contributed by atoms with Crippen molar-refractivity contribution in [2.24, 2.45) is 5.92 Å². The molecule has 0 radical (unpaired) electrons. The van der Waals surface area contributed by atoms with Crippen molar-refractivity contribution in [3.63, 3.8) is 0 Å². The molecule has 112 valence electrons. The van der Waals surface area contributed by atoms with Crippen LogP contribution in [0.3, 0.4) is 0 Å². The van der Waals surface area contributed by atoms with Crippen LogP contribution < -0.4 is 0 Å². The second-order valence-corrected chi connectivity index (χ2v) is 6.75. The molecule has 2 fully saturated rings. The van der Waals surface area contributed by atoms with Gasteiger partial charge in [-0.15, -0.1) is 0 Å². The van der Waals surface area contributed by atoms with Crippen LogP contribution in [0, 0.1) is 5.92 Å². The Hall–Kier alpha value is -0.160. The van der Waals surface area contributed by atoms with Crippen molar-refractivity contribution in [3.05, 3.63) is 0 Å². The molecule has 0 saturated carbocycles. The predicted molar refractivity (Wildman–Crippen MR) is 79.4 cm³/mol. The first kappa shape index (κ1) is 15.2. The fraction of sp³-hybridized carbons (Fsp3) is 1.00. The van der Waals surface area contributed by atoms with Gasteiger partial charge in [-0.3, -0.25) is 4.90 Å². The SMILES string of the molecule is CC(C)CCN1CC[C@@H](N2CCN(C)CC2)[C@H](O)C1. The molecular weight excluding hydrogens is 238 g/mol. The zero-order valence-electron chi connectivity index (χ0n) is 12.9. The summed E-state index contributed by atoms with van der Waals surface area (Å²) in [4.78, 5) is 7.32. The van der Waals surface area contributed by atoms with Crippen LogP contribution in [0.5, 0.6) is 0 Å². The zero-order valence-corrected chi connectivity index (χ0v) is 12.9. The molecule has 0 spiro atoms. The van der Waals surface area contributed by atoms with Crippen molar-refractivity contribution in [2.45, 2.75) is 38.8 Å². The third-order valence-corrected chi connectivity index (χ3v) is 4.66. The highest BCUT2D eigenvalue weighted by molar-refractivity contribution is 4.89. The highest BCUT2D eigenvalue weighted by atomic mass is 16.3. The average Bonchev–Trinajstić information content (AvgIpc) is 2.38. The lowest BCUT2D eigenvalue weighted by Gasteiger charge is -2.44. The van der Waals surface area contributed by atoms with Gasteiger partial charge < -0.3 is 14.9 Å². The Morgan fingerprint density at radius 1 is 1.11 bits per heavy atom. The molecule has 0 aromatic carbocycles. The first-order chi connectivity index (χ1) is 9.06. The van der Waals surface area contributed by atoms with Gasteiger partial charge in [-0.1, -0.05) is 13.8 Å². The number of aliphatic hydroxyl groups excluding tert-OH is 1. The van der Waals surface area contributed by atoms with Gasteiger partial charge >= 0.3 is 0 Å². The summed E-state index contributed by atoms with van der Waals surface area (Å²) in [5.74, 6) is 0.757. The Kier molecular flexibility index (Phi) is 5.63. The minimum atomic E-state index is -0.163. The van der Waals surface area contributed by atoms with Gasteiger partial charge in [0.2, 0.25) is 0 Å². The van der Waals surface area contributed by atoms with Crippen molar-refractivity contribution >= 4 is 0 Å². The lowest BCUT2D eigenvalue weighted by Crippen LogP contribution is -2.58. The lowest BCUT2D eigenvalue weighted by atomic mass is 9.98. The van der Waals surface area contributed by atoms with Crippen molar-refractivity contribution in [1.29, 1.82) is 0 Å². The topological polar surface area (TPSA) is 30.0 Å². The number of rotatable bonds is 4. The van der Waals surface area contributed by atoms with Crippen LogP contribution in [0.1, 0.15) is 26.7 Å². The molecule has 0 aromatic heterocycles. The van der Waals surface area contributed by atoms with E-state index >= 15 is 0 Å². The normalized spacial score (nSPS) is 32.1. The van der Waals surface area contributed by atoms with E-state index in [4.69, 9.17) is 0 Å². The maximum absolute atomic E-state index is 10.4. The molecule has 2 aliphatic heterocycles. The second kappa shape index (κ2) is 7.02. The van der Waals surface area contributed by atoms with Crippen LogP contribution in [-0.4, -0.2) is 84.8 Å². The first-order valence-electron chi connectivity index (χ1n) is 7.89. The smallest absolute Gasteiger partial charge is 0.0822 e. The van der Waals surface area contributed by atoms with Crippen LogP contribution in [-0.2, 0) is 0 Å². The van der Waals surface area contributed by atoms with Crippen LogP contribution in [0.2, 0.25) is 0 Å². The van der Waals surface area contributed by atoms with Gasteiger partial charge in [0, 0.05) is 38.8 Å². The standard InChI is InChI=1S/C15H31N3O/c1-13(2)4-6-17-7-5-14(15(19)12-17)18-10-8-16(3)9-11-18/h13-15,19H,4-12H2,1-3H3/t14-,15-/m1/s1. The highest BCUT2D eigenvalue weighted by Gasteiger charge is 2.32. The fourth-order valence-electron chi connectivity index (χ4n) is 3.21. The summed E-state index contributed by atoms with van der Waals surface area (Å²) < 4.78 is 0. The number of piperidine rings is 1. The molecule has 2 saturated heterocycles. The van der Waals surface area contributed by atoms with Crippen LogP contribution in [0.15, 0.2) is 0 Å². The molecule has 4 heteroatoms. The molecule has 4 nitrogen and oxygen atoms in total. The van der Waals surface area contributed by atoms with E-state index in [0.29, 0.717) is 6.04 Å². The molecule has 2 aliphatic rings. The van der Waals surface area contributed by atoms with E-state index < -0.39 is 0 Å². The molecule has 0 amide bonds. The first-order valence-corrected chi connectivity index (χ1v) is 7.89. The molecule has 0 aliphatic carbocycles. The number of hydrogen-bond donors (Lipinski definition) is 1. The van der Waals surface area contributed by atoms with E-state index in [-0.39, 0.29) is 6.10 Å². The minimum absolute atomic E-state index is 0.163. The van der Waals surface area contributed by atoms with Gasteiger partial charge in [0.25, 0.3) is 0 Å². The summed E-state index contributed by atoms with van der Waals surface area (Å²) in [5.41, 5.74) is 0. The monoisotopic (exact) mass is 269 g/mol. The third-order valence-electron chi connectivity index (χ3n) is 4.66. The largest absolute Gasteiger partial charge is 0.390 e. The Labute approximate surface area is 118 Å². The number of β-amino-alcohol motifs (C(OH)–C–C–N with tert-alkyl or cyclic N) is 1. The molecular formula is C15H31N3O. The van der Waals surface area contributed by atoms with Crippen LogP contribution >= 0.6 is 0 Å². The van der Waals surface area contributed by atoms with Crippen LogP contribution in [0.25, 0.3) is 0 Å². The quantitative estimate of drug-likeness (QED) is 0.814. The summed E-state index contributed by atoms with van der Waals surface area (Å²) in [6.07, 6.45) is 2.21. The number of likely N-dealkylation sites (N-methyl/N-ethyl adjacent to an activating group) is 1. The van der Waals surface area contributed by atoms with Gasteiger partial charge in [0.1, 0.15) is 0 Å². The number of likely N-dealkylation sites (tertiary alicyclic amines) is 1. The summed E-state index contributed by atoms with van der Waals surface area (Å²) in [5, 5.41) is 10.4. The van der Waals surface area contributed by atoms with Crippen molar-refractivity contribution in [2.75, 3.05) is 52.9 Å². The van der Waals surface area contributed by atoms with Gasteiger partial charge in [-0.25, -0.2) is 0 Å². The molecule has 19 heavy (non-hydrogen) atoms. The minimum Gasteiger partial charge on any atom is -0.390 e. The van der Waals surface area contributed by atoms with Crippen molar-refractivity contribution in [3.8, 4) is 0 Å². The predicted octanol–water partition coefficient (Wildman–Crippen LogP) is 0.715. The molecule has 2 atom stereocenters. The highest BCUT2D eigenvalue weighted by Crippen LogP contribution is 2.19. The van der Waals surface area contributed by atoms with Gasteiger partial charge in [0.05, 0.1) is 6.10 Å². The molecule has 2 rings (SSSR count). The number of hydrogen-bond acceptors (Lipinski definition) is 4. The van der Waals surface area contributed by atoms with E-state index in [0.717, 1.165) is 58.2 Å². The van der Waals surface area contributed by atoms with E-state index in [9.17, 15) is 5.11 Å². The third kappa shape index (κ3) is 4.42. The number of aliphatic hydroxyl groups is 1.